The zero-order valence-corrected chi connectivity index (χ0v) is 15.8. The maximum atomic E-state index is 12.6. The number of fused-ring (bicyclic) bond motifs is 1. The predicted molar refractivity (Wildman–Crippen MR) is 97.7 cm³/mol. The molecule has 2 heterocycles. The van der Waals surface area contributed by atoms with Crippen molar-refractivity contribution in [3.05, 3.63) is 53.6 Å². The van der Waals surface area contributed by atoms with Crippen LogP contribution in [-0.2, 0) is 26.1 Å². The van der Waals surface area contributed by atoms with E-state index in [0.717, 1.165) is 5.56 Å². The van der Waals surface area contributed by atoms with Gasteiger partial charge in [0.2, 0.25) is 16.8 Å². The molecule has 1 fully saturated rings. The lowest BCUT2D eigenvalue weighted by Crippen LogP contribution is -2.40. The molecule has 0 spiro atoms. The van der Waals surface area contributed by atoms with E-state index in [-0.39, 0.29) is 23.9 Å². The molecule has 2 aliphatic rings. The second-order valence-corrected chi connectivity index (χ2v) is 8.24. The third kappa shape index (κ3) is 3.82. The van der Waals surface area contributed by atoms with E-state index in [2.05, 4.69) is 0 Å². The first-order chi connectivity index (χ1) is 13.5. The average molecular weight is 405 g/mol. The Morgan fingerprint density at radius 3 is 2.46 bits per heavy atom. The van der Waals surface area contributed by atoms with E-state index < -0.39 is 16.0 Å². The Labute approximate surface area is 162 Å². The van der Waals surface area contributed by atoms with E-state index in [9.17, 15) is 13.2 Å². The summed E-state index contributed by atoms with van der Waals surface area (Å²) in [5, 5.41) is 0. The van der Waals surface area contributed by atoms with Gasteiger partial charge in [-0.05, 0) is 42.0 Å². The quantitative estimate of drug-likeness (QED) is 0.701. The minimum atomic E-state index is -3.59. The summed E-state index contributed by atoms with van der Waals surface area (Å²) < 4.78 is 47.6. The fourth-order valence-electron chi connectivity index (χ4n) is 2.96. The largest absolute Gasteiger partial charge is 0.457 e. The van der Waals surface area contributed by atoms with Crippen LogP contribution in [-0.4, -0.2) is 51.8 Å². The van der Waals surface area contributed by atoms with Gasteiger partial charge in [0.25, 0.3) is 0 Å². The summed E-state index contributed by atoms with van der Waals surface area (Å²) in [6.45, 7) is 1.65. The molecule has 1 saturated heterocycles. The van der Waals surface area contributed by atoms with Crippen molar-refractivity contribution in [1.29, 1.82) is 0 Å². The number of hydrogen-bond donors (Lipinski definition) is 0. The van der Waals surface area contributed by atoms with E-state index in [1.165, 1.54) is 28.6 Å². The summed E-state index contributed by atoms with van der Waals surface area (Å²) in [6.07, 6.45) is 0. The van der Waals surface area contributed by atoms with E-state index >= 15 is 0 Å². The van der Waals surface area contributed by atoms with Gasteiger partial charge in [-0.25, -0.2) is 13.2 Å². The SMILES string of the molecule is O=C(OCc1ccc2c(c1)OCO2)c1ccc(S(=O)(=O)N2CCOCC2)cc1. The molecule has 0 N–H and O–H groups in total. The number of morpholine rings is 1. The highest BCUT2D eigenvalue weighted by Gasteiger charge is 2.26. The molecule has 0 aromatic heterocycles. The highest BCUT2D eigenvalue weighted by atomic mass is 32.2. The molecule has 2 aromatic carbocycles. The zero-order chi connectivity index (χ0) is 19.6. The molecule has 0 saturated carbocycles. The number of carbonyl (C=O) groups excluding carboxylic acids is 1. The van der Waals surface area contributed by atoms with Gasteiger partial charge in [0.1, 0.15) is 6.61 Å². The first-order valence-corrected chi connectivity index (χ1v) is 10.2. The van der Waals surface area contributed by atoms with Gasteiger partial charge in [-0.3, -0.25) is 0 Å². The Morgan fingerprint density at radius 2 is 1.71 bits per heavy atom. The Balaban J connectivity index is 1.40. The molecule has 0 radical (unpaired) electrons. The van der Waals surface area contributed by atoms with Crippen LogP contribution in [0.2, 0.25) is 0 Å². The molecule has 2 aromatic rings. The predicted octanol–water partition coefficient (Wildman–Crippen LogP) is 1.79. The van der Waals surface area contributed by atoms with Crippen LogP contribution in [0.1, 0.15) is 15.9 Å². The van der Waals surface area contributed by atoms with Crippen LogP contribution in [0.25, 0.3) is 0 Å². The maximum Gasteiger partial charge on any atom is 0.338 e. The first-order valence-electron chi connectivity index (χ1n) is 8.78. The lowest BCUT2D eigenvalue weighted by atomic mass is 10.2. The molecule has 148 valence electrons. The van der Waals surface area contributed by atoms with Gasteiger partial charge < -0.3 is 18.9 Å². The number of benzene rings is 2. The Kier molecular flexibility index (Phi) is 5.21. The third-order valence-corrected chi connectivity index (χ3v) is 6.42. The Bertz CT molecular complexity index is 966. The molecular weight excluding hydrogens is 386 g/mol. The summed E-state index contributed by atoms with van der Waals surface area (Å²) >= 11 is 0. The number of nitrogens with zero attached hydrogens (tertiary/aromatic N) is 1. The molecular formula is C19H19NO7S. The van der Waals surface area contributed by atoms with Crippen molar-refractivity contribution in [3.8, 4) is 11.5 Å². The topological polar surface area (TPSA) is 91.4 Å². The standard InChI is InChI=1S/C19H19NO7S/c21-19(25-12-14-1-6-17-18(11-14)27-13-26-17)15-2-4-16(5-3-15)28(22,23)20-7-9-24-10-8-20/h1-6,11H,7-10,12-13H2. The Morgan fingerprint density at radius 1 is 1.00 bits per heavy atom. The van der Waals surface area contributed by atoms with Crippen LogP contribution < -0.4 is 9.47 Å². The number of ether oxygens (including phenoxy) is 4. The van der Waals surface area contributed by atoms with Crippen molar-refractivity contribution in [3.63, 3.8) is 0 Å². The van der Waals surface area contributed by atoms with E-state index in [0.29, 0.717) is 37.8 Å². The highest BCUT2D eigenvalue weighted by molar-refractivity contribution is 7.89. The second-order valence-electron chi connectivity index (χ2n) is 6.30. The number of hydrogen-bond acceptors (Lipinski definition) is 7. The molecule has 4 rings (SSSR count). The zero-order valence-electron chi connectivity index (χ0n) is 15.0. The van der Waals surface area contributed by atoms with Gasteiger partial charge in [-0.15, -0.1) is 0 Å². The second kappa shape index (κ2) is 7.78. The van der Waals surface area contributed by atoms with Crippen molar-refractivity contribution < 1.29 is 32.2 Å². The maximum absolute atomic E-state index is 12.6. The van der Waals surface area contributed by atoms with Crippen molar-refractivity contribution in [2.75, 3.05) is 33.1 Å². The minimum Gasteiger partial charge on any atom is -0.457 e. The summed E-state index contributed by atoms with van der Waals surface area (Å²) in [5.41, 5.74) is 1.05. The van der Waals surface area contributed by atoms with Crippen LogP contribution in [0.4, 0.5) is 0 Å². The van der Waals surface area contributed by atoms with E-state index in [1.807, 2.05) is 0 Å². The van der Waals surface area contributed by atoms with Gasteiger partial charge >= 0.3 is 5.97 Å². The fourth-order valence-corrected chi connectivity index (χ4v) is 4.37. The number of esters is 1. The molecule has 0 atom stereocenters. The van der Waals surface area contributed by atoms with E-state index in [4.69, 9.17) is 18.9 Å². The van der Waals surface area contributed by atoms with Crippen LogP contribution in [0.5, 0.6) is 11.5 Å². The summed E-state index contributed by atoms with van der Waals surface area (Å²) in [5.74, 6) is 0.742. The lowest BCUT2D eigenvalue weighted by Gasteiger charge is -2.26. The van der Waals surface area contributed by atoms with Crippen molar-refractivity contribution in [1.82, 2.24) is 4.31 Å². The molecule has 0 amide bonds. The van der Waals surface area contributed by atoms with Gasteiger partial charge in [-0.1, -0.05) is 6.07 Å². The molecule has 0 unspecified atom stereocenters. The number of sulfonamides is 1. The van der Waals surface area contributed by atoms with E-state index in [1.54, 1.807) is 18.2 Å². The lowest BCUT2D eigenvalue weighted by molar-refractivity contribution is 0.0472. The number of carbonyl (C=O) groups is 1. The van der Waals surface area contributed by atoms with Crippen molar-refractivity contribution in [2.24, 2.45) is 0 Å². The first kappa shape index (κ1) is 18.7. The normalized spacial score (nSPS) is 16.7. The van der Waals surface area contributed by atoms with Gasteiger partial charge in [0.15, 0.2) is 11.5 Å². The monoisotopic (exact) mass is 405 g/mol. The van der Waals surface area contributed by atoms with Crippen molar-refractivity contribution in [2.45, 2.75) is 11.5 Å². The Hall–Kier alpha value is -2.62. The molecule has 0 bridgehead atoms. The summed E-state index contributed by atoms with van der Waals surface area (Å²) in [6, 6.07) is 11.1. The third-order valence-electron chi connectivity index (χ3n) is 4.50. The van der Waals surface area contributed by atoms with Crippen LogP contribution in [0.3, 0.4) is 0 Å². The molecule has 0 aliphatic carbocycles. The minimum absolute atomic E-state index is 0.0727. The van der Waals surface area contributed by atoms with Crippen LogP contribution >= 0.6 is 0 Å². The van der Waals surface area contributed by atoms with Crippen LogP contribution in [0.15, 0.2) is 47.4 Å². The van der Waals surface area contributed by atoms with Crippen molar-refractivity contribution >= 4 is 16.0 Å². The number of rotatable bonds is 5. The summed E-state index contributed by atoms with van der Waals surface area (Å²) in [7, 11) is -3.59. The van der Waals surface area contributed by atoms with Crippen LogP contribution in [0, 0.1) is 0 Å². The molecule has 2 aliphatic heterocycles. The smallest absolute Gasteiger partial charge is 0.338 e. The molecule has 28 heavy (non-hydrogen) atoms. The average Bonchev–Trinajstić information content (AvgIpc) is 3.20. The summed E-state index contributed by atoms with van der Waals surface area (Å²) in [4.78, 5) is 12.4. The molecule has 9 heteroatoms. The molecule has 8 nitrogen and oxygen atoms in total. The van der Waals surface area contributed by atoms with Gasteiger partial charge in [0.05, 0.1) is 23.7 Å². The van der Waals surface area contributed by atoms with Gasteiger partial charge in [0, 0.05) is 13.1 Å². The fraction of sp³-hybridized carbons (Fsp3) is 0.316. The highest BCUT2D eigenvalue weighted by Crippen LogP contribution is 2.32. The van der Waals surface area contributed by atoms with Gasteiger partial charge in [-0.2, -0.15) is 4.31 Å².